The Bertz CT molecular complexity index is 1190. The van der Waals surface area contributed by atoms with E-state index in [9.17, 15) is 0 Å². The minimum Gasteiger partial charge on any atom is -0.457 e. The van der Waals surface area contributed by atoms with Gasteiger partial charge in [0, 0.05) is 14.8 Å². The molecule has 0 aromatic heterocycles. The van der Waals surface area contributed by atoms with E-state index in [4.69, 9.17) is 16.3 Å². The number of hydrogen-bond donors (Lipinski definition) is 0. The fourth-order valence-corrected chi connectivity index (χ4v) is 11.9. The highest BCUT2D eigenvalue weighted by Gasteiger charge is 2.51. The average Bonchev–Trinajstić information content (AvgIpc) is 2.73. The number of rotatable bonds is 0. The van der Waals surface area contributed by atoms with Gasteiger partial charge in [-0.3, -0.25) is 0 Å². The molecule has 2 heterocycles. The number of halogens is 1. The van der Waals surface area contributed by atoms with Crippen LogP contribution < -0.4 is 25.5 Å². The highest BCUT2D eigenvalue weighted by atomic mass is 35.5. The molecule has 0 saturated heterocycles. The van der Waals surface area contributed by atoms with Gasteiger partial charge < -0.3 is 4.74 Å². The third-order valence-corrected chi connectivity index (χ3v) is 12.3. The maximum absolute atomic E-state index is 6.36. The molecule has 134 valence electrons. The average molecular weight is 415 g/mol. The van der Waals surface area contributed by atoms with Crippen molar-refractivity contribution in [2.45, 2.75) is 9.79 Å². The number of ether oxygens (including phenoxy) is 1. The van der Waals surface area contributed by atoms with Crippen molar-refractivity contribution in [3.8, 4) is 11.5 Å². The molecule has 0 atom stereocenters. The van der Waals surface area contributed by atoms with E-state index in [0.717, 1.165) is 11.5 Å². The maximum atomic E-state index is 6.36. The Labute approximate surface area is 174 Å². The van der Waals surface area contributed by atoms with E-state index in [1.54, 1.807) is 0 Å². The summed E-state index contributed by atoms with van der Waals surface area (Å²) in [5, 5.41) is 6.14. The lowest BCUT2D eigenvalue weighted by Crippen LogP contribution is -2.77. The van der Waals surface area contributed by atoms with E-state index in [2.05, 4.69) is 72.8 Å². The van der Waals surface area contributed by atoms with Crippen molar-refractivity contribution in [2.24, 2.45) is 0 Å². The predicted molar refractivity (Wildman–Crippen MR) is 119 cm³/mol. The highest BCUT2D eigenvalue weighted by molar-refractivity contribution is 8.00. The molecule has 0 unspecified atom stereocenters. The summed E-state index contributed by atoms with van der Waals surface area (Å²) >= 11 is 8.23. The molecule has 4 heteroatoms. The number of para-hydroxylation sites is 1. The molecule has 0 amide bonds. The Morgan fingerprint density at radius 1 is 0.607 bits per heavy atom. The van der Waals surface area contributed by atoms with Crippen molar-refractivity contribution in [2.75, 3.05) is 0 Å². The molecule has 1 spiro atoms. The van der Waals surface area contributed by atoms with Crippen molar-refractivity contribution < 1.29 is 4.74 Å². The first-order valence-electron chi connectivity index (χ1n) is 9.23. The van der Waals surface area contributed by atoms with Crippen LogP contribution in [0, 0.1) is 0 Å². The summed E-state index contributed by atoms with van der Waals surface area (Å²) in [7, 11) is -2.48. The number of benzene rings is 4. The third-order valence-electron chi connectivity index (χ3n) is 5.66. The lowest BCUT2D eigenvalue weighted by Gasteiger charge is -2.43. The minimum atomic E-state index is -2.48. The molecule has 28 heavy (non-hydrogen) atoms. The molecule has 4 aromatic carbocycles. The van der Waals surface area contributed by atoms with Gasteiger partial charge in [0.2, 0.25) is 0 Å². The van der Waals surface area contributed by atoms with E-state index in [0.29, 0.717) is 5.02 Å². The summed E-state index contributed by atoms with van der Waals surface area (Å²) in [5.74, 6) is 1.83. The molecule has 0 aliphatic carbocycles. The van der Waals surface area contributed by atoms with Gasteiger partial charge in [0.15, 0.2) is 8.07 Å². The van der Waals surface area contributed by atoms with Gasteiger partial charge >= 0.3 is 0 Å². The smallest absolute Gasteiger partial charge is 0.190 e. The summed E-state index contributed by atoms with van der Waals surface area (Å²) in [6.45, 7) is 0. The predicted octanol–water partition coefficient (Wildman–Crippen LogP) is 4.29. The molecule has 0 bridgehead atoms. The van der Waals surface area contributed by atoms with Crippen molar-refractivity contribution >= 4 is 52.2 Å². The van der Waals surface area contributed by atoms with Crippen LogP contribution in [0.2, 0.25) is 5.02 Å². The Hall–Kier alpha value is -2.46. The van der Waals surface area contributed by atoms with Gasteiger partial charge in [0.25, 0.3) is 0 Å². The van der Waals surface area contributed by atoms with Gasteiger partial charge in [0.1, 0.15) is 11.5 Å². The molecule has 4 aromatic rings. The van der Waals surface area contributed by atoms with E-state index in [-0.39, 0.29) is 0 Å². The Morgan fingerprint density at radius 3 is 1.89 bits per heavy atom. The van der Waals surface area contributed by atoms with Crippen LogP contribution in [-0.4, -0.2) is 8.07 Å². The first-order valence-corrected chi connectivity index (χ1v) is 12.4. The van der Waals surface area contributed by atoms with Crippen LogP contribution in [0.25, 0.3) is 0 Å². The van der Waals surface area contributed by atoms with Crippen molar-refractivity contribution in [3.05, 3.63) is 96.0 Å². The van der Waals surface area contributed by atoms with E-state index in [1.165, 1.54) is 30.5 Å². The Kier molecular flexibility index (Phi) is 3.54. The zero-order valence-electron chi connectivity index (χ0n) is 14.9. The van der Waals surface area contributed by atoms with Crippen LogP contribution in [0.15, 0.2) is 101 Å². The normalized spacial score (nSPS) is 15.0. The summed E-state index contributed by atoms with van der Waals surface area (Å²) in [5.41, 5.74) is 0. The van der Waals surface area contributed by atoms with Crippen LogP contribution >= 0.6 is 23.4 Å². The minimum absolute atomic E-state index is 0.703. The molecular weight excluding hydrogens is 400 g/mol. The Morgan fingerprint density at radius 2 is 1.18 bits per heavy atom. The third kappa shape index (κ3) is 2.10. The van der Waals surface area contributed by atoms with Gasteiger partial charge in [0.05, 0.1) is 0 Å². The summed E-state index contributed by atoms with van der Waals surface area (Å²) in [6.07, 6.45) is 0. The first-order chi connectivity index (χ1) is 13.8. The lowest BCUT2D eigenvalue weighted by atomic mass is 10.3. The largest absolute Gasteiger partial charge is 0.457 e. The fraction of sp³-hybridized carbons (Fsp3) is 0. The summed E-state index contributed by atoms with van der Waals surface area (Å²) < 4.78 is 6.36. The monoisotopic (exact) mass is 414 g/mol. The second kappa shape index (κ2) is 6.02. The van der Waals surface area contributed by atoms with Crippen LogP contribution in [0.3, 0.4) is 0 Å². The topological polar surface area (TPSA) is 9.23 Å². The second-order valence-electron chi connectivity index (χ2n) is 7.08. The quantitative estimate of drug-likeness (QED) is 0.343. The van der Waals surface area contributed by atoms with Crippen LogP contribution in [0.1, 0.15) is 0 Å². The van der Waals surface area contributed by atoms with E-state index in [1.807, 2.05) is 30.0 Å². The van der Waals surface area contributed by atoms with E-state index < -0.39 is 8.07 Å². The van der Waals surface area contributed by atoms with Gasteiger partial charge in [-0.1, -0.05) is 84.0 Å². The summed E-state index contributed by atoms with van der Waals surface area (Å²) in [6, 6.07) is 32.4. The van der Waals surface area contributed by atoms with Gasteiger partial charge in [-0.25, -0.2) is 0 Å². The maximum Gasteiger partial charge on any atom is 0.190 e. The molecule has 0 N–H and O–H groups in total. The standard InChI is InChI=1S/C24H15ClOSSi/c25-16-13-14-22-18(15-16)26-17-7-1-4-10-21(17)28(22)23-11-5-2-8-19(23)27-20-9-3-6-12-24(20)28/h1-15H. The van der Waals surface area contributed by atoms with Gasteiger partial charge in [-0.05, 0) is 51.1 Å². The molecular formula is C24H15ClOSSi. The van der Waals surface area contributed by atoms with Crippen LogP contribution in [0.4, 0.5) is 0 Å². The zero-order valence-corrected chi connectivity index (χ0v) is 17.4. The van der Waals surface area contributed by atoms with Crippen LogP contribution in [-0.2, 0) is 0 Å². The van der Waals surface area contributed by atoms with Crippen LogP contribution in [0.5, 0.6) is 11.5 Å². The van der Waals surface area contributed by atoms with E-state index >= 15 is 0 Å². The summed E-state index contributed by atoms with van der Waals surface area (Å²) in [4.78, 5) is 2.68. The number of hydrogen-bond acceptors (Lipinski definition) is 2. The Balaban J connectivity index is 1.84. The van der Waals surface area contributed by atoms with Gasteiger partial charge in [-0.15, -0.1) is 0 Å². The second-order valence-corrected chi connectivity index (χ2v) is 12.3. The highest BCUT2D eigenvalue weighted by Crippen LogP contribution is 2.38. The van der Waals surface area contributed by atoms with Gasteiger partial charge in [-0.2, -0.15) is 0 Å². The molecule has 0 radical (unpaired) electrons. The van der Waals surface area contributed by atoms with Crippen molar-refractivity contribution in [3.63, 3.8) is 0 Å². The SMILES string of the molecule is Clc1ccc2c(c1)Oc1ccccc1[Si]21c2ccccc2Sc2ccccc21. The zero-order chi connectivity index (χ0) is 18.7. The lowest BCUT2D eigenvalue weighted by molar-refractivity contribution is 0.487. The van der Waals surface area contributed by atoms with Crippen molar-refractivity contribution in [1.82, 2.24) is 0 Å². The molecule has 0 fully saturated rings. The molecule has 6 rings (SSSR count). The molecule has 2 aliphatic rings. The first kappa shape index (κ1) is 16.5. The number of fused-ring (bicyclic) bond motifs is 8. The molecule has 2 aliphatic heterocycles. The fourth-order valence-electron chi connectivity index (χ4n) is 4.59. The molecule has 1 nitrogen and oxygen atoms in total. The molecule has 0 saturated carbocycles. The van der Waals surface area contributed by atoms with Crippen molar-refractivity contribution in [1.29, 1.82) is 0 Å².